The molecule has 1 amide bonds. The van der Waals surface area contributed by atoms with Gasteiger partial charge in [0.2, 0.25) is 0 Å². The van der Waals surface area contributed by atoms with Crippen LogP contribution in [0.25, 0.3) is 10.7 Å². The quantitative estimate of drug-likeness (QED) is 0.795. The molecule has 3 aliphatic rings. The minimum atomic E-state index is -2.56. The SMILES string of the molecule is O=C(NC1CCC(N2CCC(F)(F)C2)CC1)c1nc(-c2cncs2)nc2c1COC2. The Balaban J connectivity index is 1.25. The van der Waals surface area contributed by atoms with Crippen molar-refractivity contribution in [1.82, 2.24) is 25.2 Å². The van der Waals surface area contributed by atoms with Gasteiger partial charge >= 0.3 is 0 Å². The monoisotopic (exact) mass is 435 g/mol. The molecule has 0 bridgehead atoms. The van der Waals surface area contributed by atoms with Gasteiger partial charge in [-0.3, -0.25) is 14.7 Å². The number of thiazole rings is 1. The summed E-state index contributed by atoms with van der Waals surface area (Å²) in [4.78, 5) is 28.9. The zero-order chi connectivity index (χ0) is 20.7. The summed E-state index contributed by atoms with van der Waals surface area (Å²) in [5, 5.41) is 3.10. The molecule has 0 atom stereocenters. The first-order valence-corrected chi connectivity index (χ1v) is 11.2. The maximum atomic E-state index is 13.5. The van der Waals surface area contributed by atoms with Gasteiger partial charge in [-0.2, -0.15) is 0 Å². The Morgan fingerprint density at radius 3 is 2.77 bits per heavy atom. The topological polar surface area (TPSA) is 80.2 Å². The van der Waals surface area contributed by atoms with Crippen LogP contribution in [0.2, 0.25) is 0 Å². The van der Waals surface area contributed by atoms with Crippen LogP contribution in [0.5, 0.6) is 0 Å². The highest BCUT2D eigenvalue weighted by atomic mass is 32.1. The first-order valence-electron chi connectivity index (χ1n) is 10.3. The van der Waals surface area contributed by atoms with Crippen molar-refractivity contribution in [2.75, 3.05) is 13.1 Å². The zero-order valence-electron chi connectivity index (χ0n) is 16.4. The van der Waals surface area contributed by atoms with Crippen LogP contribution in [-0.4, -0.2) is 56.9 Å². The van der Waals surface area contributed by atoms with Crippen molar-refractivity contribution in [1.29, 1.82) is 0 Å². The summed E-state index contributed by atoms with van der Waals surface area (Å²) in [5.41, 5.74) is 3.56. The molecular formula is C20H23F2N5O2S. The number of carbonyl (C=O) groups excluding carboxylic acids is 1. The van der Waals surface area contributed by atoms with E-state index in [0.717, 1.165) is 41.8 Å². The van der Waals surface area contributed by atoms with E-state index in [4.69, 9.17) is 4.74 Å². The number of hydrogen-bond acceptors (Lipinski definition) is 7. The lowest BCUT2D eigenvalue weighted by molar-refractivity contribution is 0.00504. The molecular weight excluding hydrogens is 412 g/mol. The van der Waals surface area contributed by atoms with E-state index in [1.807, 2.05) is 4.90 Å². The molecule has 2 aliphatic heterocycles. The molecule has 10 heteroatoms. The summed E-state index contributed by atoms with van der Waals surface area (Å²) in [6.07, 6.45) is 4.84. The van der Waals surface area contributed by atoms with Crippen LogP contribution in [0, 0.1) is 0 Å². The minimum absolute atomic E-state index is 0.0247. The van der Waals surface area contributed by atoms with Crippen molar-refractivity contribution in [3.05, 3.63) is 28.7 Å². The number of carbonyl (C=O) groups is 1. The minimum Gasteiger partial charge on any atom is -0.370 e. The summed E-state index contributed by atoms with van der Waals surface area (Å²) in [6.45, 7) is 1.02. The number of alkyl halides is 2. The summed E-state index contributed by atoms with van der Waals surface area (Å²) in [6, 6.07) is 0.206. The van der Waals surface area contributed by atoms with Crippen molar-refractivity contribution >= 4 is 17.2 Å². The largest absolute Gasteiger partial charge is 0.370 e. The average Bonchev–Trinajstić information content (AvgIpc) is 3.48. The van der Waals surface area contributed by atoms with Gasteiger partial charge in [0.1, 0.15) is 5.69 Å². The van der Waals surface area contributed by atoms with Crippen LogP contribution in [-0.2, 0) is 18.0 Å². The number of likely N-dealkylation sites (tertiary alicyclic amines) is 1. The Bertz CT molecular complexity index is 932. The predicted octanol–water partition coefficient (Wildman–Crippen LogP) is 3.01. The number of fused-ring (bicyclic) bond motifs is 1. The van der Waals surface area contributed by atoms with Crippen molar-refractivity contribution in [3.8, 4) is 10.7 Å². The molecule has 0 aromatic carbocycles. The van der Waals surface area contributed by atoms with Gasteiger partial charge in [-0.1, -0.05) is 0 Å². The van der Waals surface area contributed by atoms with Crippen molar-refractivity contribution in [2.45, 2.75) is 63.3 Å². The second-order valence-corrected chi connectivity index (χ2v) is 9.12. The van der Waals surface area contributed by atoms with Crippen molar-refractivity contribution in [2.24, 2.45) is 0 Å². The highest BCUT2D eigenvalue weighted by Crippen LogP contribution is 2.33. The van der Waals surface area contributed by atoms with E-state index in [0.29, 0.717) is 31.3 Å². The fourth-order valence-electron chi connectivity index (χ4n) is 4.59. The molecule has 1 saturated carbocycles. The third-order valence-electron chi connectivity index (χ3n) is 6.19. The summed E-state index contributed by atoms with van der Waals surface area (Å²) < 4.78 is 32.5. The maximum Gasteiger partial charge on any atom is 0.270 e. The van der Waals surface area contributed by atoms with E-state index in [2.05, 4.69) is 20.3 Å². The Morgan fingerprint density at radius 1 is 1.23 bits per heavy atom. The van der Waals surface area contributed by atoms with E-state index in [9.17, 15) is 13.6 Å². The summed E-state index contributed by atoms with van der Waals surface area (Å²) >= 11 is 1.42. The fourth-order valence-corrected chi connectivity index (χ4v) is 5.14. The van der Waals surface area contributed by atoms with Crippen LogP contribution in [0.3, 0.4) is 0 Å². The number of halogens is 2. The lowest BCUT2D eigenvalue weighted by atomic mass is 9.90. The van der Waals surface area contributed by atoms with Crippen LogP contribution in [0.1, 0.15) is 53.8 Å². The highest BCUT2D eigenvalue weighted by molar-refractivity contribution is 7.13. The van der Waals surface area contributed by atoms with E-state index >= 15 is 0 Å². The van der Waals surface area contributed by atoms with Gasteiger partial charge in [-0.25, -0.2) is 18.7 Å². The zero-order valence-corrected chi connectivity index (χ0v) is 17.3. The Morgan fingerprint density at radius 2 is 2.07 bits per heavy atom. The second-order valence-electron chi connectivity index (χ2n) is 8.23. The summed E-state index contributed by atoms with van der Waals surface area (Å²) in [7, 11) is 0. The normalized spacial score (nSPS) is 25.9. The number of rotatable bonds is 4. The molecule has 1 N–H and O–H groups in total. The molecule has 4 heterocycles. The van der Waals surface area contributed by atoms with Crippen LogP contribution in [0.15, 0.2) is 11.7 Å². The van der Waals surface area contributed by atoms with Gasteiger partial charge in [0, 0.05) is 36.8 Å². The Hall–Kier alpha value is -2.04. The third-order valence-corrected chi connectivity index (χ3v) is 6.96. The van der Waals surface area contributed by atoms with Crippen molar-refractivity contribution in [3.63, 3.8) is 0 Å². The molecule has 0 spiro atoms. The predicted molar refractivity (Wildman–Crippen MR) is 106 cm³/mol. The van der Waals surface area contributed by atoms with Gasteiger partial charge in [0.25, 0.3) is 11.8 Å². The van der Waals surface area contributed by atoms with E-state index < -0.39 is 5.92 Å². The molecule has 2 aromatic rings. The third kappa shape index (κ3) is 3.95. The Labute approximate surface area is 176 Å². The van der Waals surface area contributed by atoms with E-state index in [1.165, 1.54) is 11.3 Å². The lowest BCUT2D eigenvalue weighted by Crippen LogP contribution is -2.44. The standard InChI is InChI=1S/C20H23F2N5O2S/c21-20(22)5-6-27(10-20)13-3-1-12(2-4-13)24-19(28)17-14-8-29-9-15(14)25-18(26-17)16-7-23-11-30-16/h7,11-13H,1-6,8-10H2,(H,24,28). The van der Waals surface area contributed by atoms with Crippen LogP contribution in [0.4, 0.5) is 8.78 Å². The number of hydrogen-bond donors (Lipinski definition) is 1. The molecule has 160 valence electrons. The molecule has 5 rings (SSSR count). The molecule has 30 heavy (non-hydrogen) atoms. The maximum absolute atomic E-state index is 13.5. The number of amides is 1. The van der Waals surface area contributed by atoms with E-state index in [-0.39, 0.29) is 31.0 Å². The fraction of sp³-hybridized carbons (Fsp3) is 0.600. The van der Waals surface area contributed by atoms with Gasteiger partial charge in [-0.05, 0) is 25.7 Å². The first kappa shape index (κ1) is 19.9. The van der Waals surface area contributed by atoms with Gasteiger partial charge in [0.15, 0.2) is 5.82 Å². The van der Waals surface area contributed by atoms with Gasteiger partial charge in [-0.15, -0.1) is 11.3 Å². The van der Waals surface area contributed by atoms with Crippen molar-refractivity contribution < 1.29 is 18.3 Å². The number of ether oxygens (including phenoxy) is 1. The second kappa shape index (κ2) is 7.90. The molecule has 1 saturated heterocycles. The van der Waals surface area contributed by atoms with Gasteiger partial charge in [0.05, 0.1) is 35.8 Å². The number of nitrogens with one attached hydrogen (secondary N) is 1. The summed E-state index contributed by atoms with van der Waals surface area (Å²) in [5.74, 6) is -2.29. The average molecular weight is 436 g/mol. The molecule has 0 unspecified atom stereocenters. The van der Waals surface area contributed by atoms with Gasteiger partial charge < -0.3 is 10.1 Å². The molecule has 0 radical (unpaired) electrons. The Kier molecular flexibility index (Phi) is 5.24. The number of aromatic nitrogens is 3. The molecule has 1 aliphatic carbocycles. The molecule has 7 nitrogen and oxygen atoms in total. The molecule has 2 aromatic heterocycles. The first-order chi connectivity index (χ1) is 14.5. The lowest BCUT2D eigenvalue weighted by Gasteiger charge is -2.34. The highest BCUT2D eigenvalue weighted by Gasteiger charge is 2.41. The van der Waals surface area contributed by atoms with Crippen LogP contribution >= 0.6 is 11.3 Å². The smallest absolute Gasteiger partial charge is 0.270 e. The number of nitrogens with zero attached hydrogens (tertiary/aromatic N) is 4. The molecule has 2 fully saturated rings. The van der Waals surface area contributed by atoms with Crippen LogP contribution < -0.4 is 5.32 Å². The van der Waals surface area contributed by atoms with E-state index in [1.54, 1.807) is 11.7 Å².